The summed E-state index contributed by atoms with van der Waals surface area (Å²) in [5.74, 6) is -2.43. The van der Waals surface area contributed by atoms with Gasteiger partial charge in [-0.25, -0.2) is 13.6 Å². The zero-order valence-electron chi connectivity index (χ0n) is 12.0. The Morgan fingerprint density at radius 3 is 2.71 bits per heavy atom. The average Bonchev–Trinajstić information content (AvgIpc) is 3.02. The molecule has 1 heterocycles. The van der Waals surface area contributed by atoms with E-state index < -0.39 is 17.6 Å². The fraction of sp³-hybridized carbons (Fsp3) is 0.0625. The number of halogens is 3. The van der Waals surface area contributed by atoms with Crippen LogP contribution in [-0.2, 0) is 11.3 Å². The molecule has 3 aromatic rings. The summed E-state index contributed by atoms with van der Waals surface area (Å²) in [5.41, 5.74) is 0.314. The van der Waals surface area contributed by atoms with Crippen LogP contribution in [0.25, 0.3) is 11.5 Å². The average molecular weight is 395 g/mol. The molecule has 0 atom stereocenters. The molecule has 0 radical (unpaired) electrons. The molecule has 0 bridgehead atoms. The Kier molecular flexibility index (Phi) is 4.66. The van der Waals surface area contributed by atoms with Gasteiger partial charge in [0.15, 0.2) is 6.61 Å². The molecule has 3 rings (SSSR count). The van der Waals surface area contributed by atoms with Crippen LogP contribution in [0.5, 0.6) is 0 Å². The summed E-state index contributed by atoms with van der Waals surface area (Å²) in [7, 11) is 0. The molecule has 122 valence electrons. The highest BCUT2D eigenvalue weighted by atomic mass is 79.9. The van der Waals surface area contributed by atoms with Gasteiger partial charge in [0.2, 0.25) is 5.89 Å². The lowest BCUT2D eigenvalue weighted by atomic mass is 10.2. The van der Waals surface area contributed by atoms with Crippen molar-refractivity contribution in [3.63, 3.8) is 0 Å². The third kappa shape index (κ3) is 3.48. The first-order valence-electron chi connectivity index (χ1n) is 6.74. The largest absolute Gasteiger partial charge is 0.452 e. The minimum Gasteiger partial charge on any atom is -0.452 e. The molecule has 0 aliphatic carbocycles. The van der Waals surface area contributed by atoms with Crippen molar-refractivity contribution in [1.29, 1.82) is 0 Å². The third-order valence-corrected chi connectivity index (χ3v) is 3.74. The normalized spacial score (nSPS) is 10.6. The summed E-state index contributed by atoms with van der Waals surface area (Å²) in [6, 6.07) is 9.82. The van der Waals surface area contributed by atoms with Gasteiger partial charge in [0, 0.05) is 10.5 Å². The second kappa shape index (κ2) is 6.88. The number of carbonyl (C=O) groups excluding carboxylic acids is 1. The molecule has 2 aromatic carbocycles. The molecule has 0 N–H and O–H groups in total. The number of rotatable bonds is 4. The Balaban J connectivity index is 1.69. The standard InChI is InChI=1S/C16H9BrF2N2O3/c17-12-4-2-1-3-10(12)15-21-20-14(24-15)8-23-16(22)11-6-5-9(18)7-13(11)19/h1-7H,8H2. The molecule has 0 unspecified atom stereocenters. The number of hydrogen-bond acceptors (Lipinski definition) is 5. The van der Waals surface area contributed by atoms with Crippen LogP contribution >= 0.6 is 15.9 Å². The first-order valence-corrected chi connectivity index (χ1v) is 7.53. The maximum Gasteiger partial charge on any atom is 0.341 e. The van der Waals surface area contributed by atoms with Gasteiger partial charge < -0.3 is 9.15 Å². The van der Waals surface area contributed by atoms with Gasteiger partial charge in [0.25, 0.3) is 5.89 Å². The lowest BCUT2D eigenvalue weighted by molar-refractivity contribution is 0.0433. The quantitative estimate of drug-likeness (QED) is 0.622. The van der Waals surface area contributed by atoms with E-state index in [9.17, 15) is 13.6 Å². The fourth-order valence-electron chi connectivity index (χ4n) is 1.92. The zero-order chi connectivity index (χ0) is 17.1. The van der Waals surface area contributed by atoms with Gasteiger partial charge in [0.1, 0.15) is 11.6 Å². The molecule has 24 heavy (non-hydrogen) atoms. The van der Waals surface area contributed by atoms with Crippen molar-refractivity contribution >= 4 is 21.9 Å². The molecule has 0 aliphatic rings. The van der Waals surface area contributed by atoms with Gasteiger partial charge in [0.05, 0.1) is 11.1 Å². The minimum absolute atomic E-state index is 0.0524. The SMILES string of the molecule is O=C(OCc1nnc(-c2ccccc2Br)o1)c1ccc(F)cc1F. The van der Waals surface area contributed by atoms with Crippen LogP contribution in [0.3, 0.4) is 0 Å². The third-order valence-electron chi connectivity index (χ3n) is 3.05. The topological polar surface area (TPSA) is 65.2 Å². The second-order valence-corrected chi connectivity index (χ2v) is 5.54. The van der Waals surface area contributed by atoms with Crippen LogP contribution in [0.2, 0.25) is 0 Å². The predicted molar refractivity (Wildman–Crippen MR) is 82.9 cm³/mol. The highest BCUT2D eigenvalue weighted by molar-refractivity contribution is 9.10. The van der Waals surface area contributed by atoms with Crippen LogP contribution in [-0.4, -0.2) is 16.2 Å². The number of hydrogen-bond donors (Lipinski definition) is 0. The Labute approximate surface area is 143 Å². The molecule has 0 aliphatic heterocycles. The number of ether oxygens (including phenoxy) is 1. The molecular formula is C16H9BrF2N2O3. The van der Waals surface area contributed by atoms with Gasteiger partial charge >= 0.3 is 5.97 Å². The maximum absolute atomic E-state index is 13.5. The molecule has 0 spiro atoms. The van der Waals surface area contributed by atoms with E-state index in [1.165, 1.54) is 0 Å². The number of benzene rings is 2. The Morgan fingerprint density at radius 1 is 1.17 bits per heavy atom. The summed E-state index contributed by atoms with van der Waals surface area (Å²) in [4.78, 5) is 11.8. The van der Waals surface area contributed by atoms with Crippen molar-refractivity contribution in [2.24, 2.45) is 0 Å². The molecule has 0 fully saturated rings. The van der Waals surface area contributed by atoms with Crippen LogP contribution in [0.15, 0.2) is 51.4 Å². The Bertz CT molecular complexity index is 899. The van der Waals surface area contributed by atoms with E-state index in [-0.39, 0.29) is 24.0 Å². The number of esters is 1. The number of aromatic nitrogens is 2. The Morgan fingerprint density at radius 2 is 1.96 bits per heavy atom. The minimum atomic E-state index is -1.00. The van der Waals surface area contributed by atoms with E-state index in [0.29, 0.717) is 11.6 Å². The van der Waals surface area contributed by atoms with Crippen molar-refractivity contribution < 1.29 is 22.7 Å². The van der Waals surface area contributed by atoms with E-state index >= 15 is 0 Å². The summed E-state index contributed by atoms with van der Waals surface area (Å²) in [6.07, 6.45) is 0. The van der Waals surface area contributed by atoms with E-state index in [2.05, 4.69) is 26.1 Å². The van der Waals surface area contributed by atoms with E-state index in [1.807, 2.05) is 12.1 Å². The first-order chi connectivity index (χ1) is 11.5. The Hall–Kier alpha value is -2.61. The van der Waals surface area contributed by atoms with Crippen molar-refractivity contribution in [2.75, 3.05) is 0 Å². The van der Waals surface area contributed by atoms with Gasteiger partial charge in [-0.05, 0) is 40.2 Å². The van der Waals surface area contributed by atoms with Crippen molar-refractivity contribution in [1.82, 2.24) is 10.2 Å². The van der Waals surface area contributed by atoms with Gasteiger partial charge in [-0.1, -0.05) is 12.1 Å². The van der Waals surface area contributed by atoms with E-state index in [0.717, 1.165) is 16.6 Å². The second-order valence-electron chi connectivity index (χ2n) is 4.68. The highest BCUT2D eigenvalue weighted by Gasteiger charge is 2.16. The summed E-state index contributed by atoms with van der Waals surface area (Å²) in [6.45, 7) is -0.326. The lowest BCUT2D eigenvalue weighted by Crippen LogP contribution is -2.08. The monoisotopic (exact) mass is 394 g/mol. The fourth-order valence-corrected chi connectivity index (χ4v) is 2.37. The van der Waals surface area contributed by atoms with Crippen molar-refractivity contribution in [3.8, 4) is 11.5 Å². The van der Waals surface area contributed by atoms with Crippen LogP contribution < -0.4 is 0 Å². The summed E-state index contributed by atoms with van der Waals surface area (Å²) >= 11 is 3.36. The van der Waals surface area contributed by atoms with Crippen LogP contribution in [0.1, 0.15) is 16.2 Å². The zero-order valence-corrected chi connectivity index (χ0v) is 13.6. The summed E-state index contributed by atoms with van der Waals surface area (Å²) in [5, 5.41) is 7.63. The summed E-state index contributed by atoms with van der Waals surface area (Å²) < 4.78 is 37.4. The van der Waals surface area contributed by atoms with Crippen molar-refractivity contribution in [2.45, 2.75) is 6.61 Å². The van der Waals surface area contributed by atoms with Crippen molar-refractivity contribution in [3.05, 3.63) is 70.0 Å². The van der Waals surface area contributed by atoms with Gasteiger partial charge in [-0.2, -0.15) is 0 Å². The van der Waals surface area contributed by atoms with Gasteiger partial charge in [-0.15, -0.1) is 10.2 Å². The molecular weight excluding hydrogens is 386 g/mol. The maximum atomic E-state index is 13.5. The highest BCUT2D eigenvalue weighted by Crippen LogP contribution is 2.26. The molecule has 5 nitrogen and oxygen atoms in total. The molecule has 0 saturated heterocycles. The first kappa shape index (κ1) is 16.3. The number of carbonyl (C=O) groups is 1. The van der Waals surface area contributed by atoms with Crippen LogP contribution in [0, 0.1) is 11.6 Å². The molecule has 8 heteroatoms. The molecule has 0 amide bonds. The lowest BCUT2D eigenvalue weighted by Gasteiger charge is -2.03. The van der Waals surface area contributed by atoms with Crippen LogP contribution in [0.4, 0.5) is 8.78 Å². The van der Waals surface area contributed by atoms with E-state index in [4.69, 9.17) is 9.15 Å². The van der Waals surface area contributed by atoms with E-state index in [1.54, 1.807) is 12.1 Å². The number of nitrogens with zero attached hydrogens (tertiary/aromatic N) is 2. The molecule has 1 aromatic heterocycles. The molecule has 0 saturated carbocycles. The van der Waals surface area contributed by atoms with Gasteiger partial charge in [-0.3, -0.25) is 0 Å². The predicted octanol–water partition coefficient (Wildman–Crippen LogP) is 4.13. The smallest absolute Gasteiger partial charge is 0.341 e.